The molecule has 2 aliphatic heterocycles. The average molecular weight is 615 g/mol. The maximum atomic E-state index is 7.83. The van der Waals surface area contributed by atoms with Crippen LogP contribution in [0.4, 0.5) is 0 Å². The molecule has 2 N–H and O–H groups in total. The van der Waals surface area contributed by atoms with E-state index in [0.717, 1.165) is 88.5 Å². The highest BCUT2D eigenvalue weighted by atomic mass is 16.5. The van der Waals surface area contributed by atoms with Crippen molar-refractivity contribution in [2.24, 2.45) is 5.10 Å². The van der Waals surface area contributed by atoms with Crippen molar-refractivity contribution < 1.29 is 14.2 Å². The highest BCUT2D eigenvalue weighted by Crippen LogP contribution is 2.31. The van der Waals surface area contributed by atoms with Gasteiger partial charge in [-0.1, -0.05) is 36.4 Å². The lowest BCUT2D eigenvalue weighted by molar-refractivity contribution is -0.0589. The first-order chi connectivity index (χ1) is 22.6. The molecule has 3 aromatic carbocycles. The van der Waals surface area contributed by atoms with Crippen LogP contribution in [-0.4, -0.2) is 52.8 Å². The molecule has 234 valence electrons. The summed E-state index contributed by atoms with van der Waals surface area (Å²) in [6, 6.07) is 24.8. The first kappa shape index (κ1) is 29.7. The lowest BCUT2D eigenvalue weighted by atomic mass is 9.98. The molecule has 1 atom stereocenters. The lowest BCUT2D eigenvalue weighted by Crippen LogP contribution is -2.31. The Bertz CT molecular complexity index is 1930. The molecule has 46 heavy (non-hydrogen) atoms. The molecule has 0 radical (unpaired) electrons. The van der Waals surface area contributed by atoms with Gasteiger partial charge in [-0.2, -0.15) is 5.10 Å². The van der Waals surface area contributed by atoms with E-state index < -0.39 is 0 Å². The van der Waals surface area contributed by atoms with Gasteiger partial charge in [-0.05, 0) is 73.2 Å². The second kappa shape index (κ2) is 13.1. The fourth-order valence-electron chi connectivity index (χ4n) is 6.13. The molecule has 2 aliphatic rings. The van der Waals surface area contributed by atoms with Crippen LogP contribution in [0.3, 0.4) is 0 Å². The van der Waals surface area contributed by atoms with E-state index in [-0.39, 0.29) is 6.10 Å². The summed E-state index contributed by atoms with van der Waals surface area (Å²) in [6.07, 6.45) is 4.78. The van der Waals surface area contributed by atoms with E-state index in [0.29, 0.717) is 31.2 Å². The van der Waals surface area contributed by atoms with Gasteiger partial charge in [-0.25, -0.2) is 9.97 Å². The Morgan fingerprint density at radius 1 is 1.02 bits per heavy atom. The van der Waals surface area contributed by atoms with Crippen LogP contribution >= 0.6 is 0 Å². The van der Waals surface area contributed by atoms with Crippen LogP contribution in [0.25, 0.3) is 22.3 Å². The van der Waals surface area contributed by atoms with Gasteiger partial charge in [0.05, 0.1) is 36.0 Å². The minimum Gasteiger partial charge on any atom is -0.493 e. The number of hydrogen-bond donors (Lipinski definition) is 2. The normalized spacial score (nSPS) is 16.4. The van der Waals surface area contributed by atoms with E-state index in [4.69, 9.17) is 29.6 Å². The topological polar surface area (TPSA) is 107 Å². The van der Waals surface area contributed by atoms with Crippen molar-refractivity contribution in [1.82, 2.24) is 20.0 Å². The van der Waals surface area contributed by atoms with Crippen molar-refractivity contribution in [2.45, 2.75) is 51.9 Å². The Labute approximate surface area is 268 Å². The molecular formula is C37H38N6O3. The van der Waals surface area contributed by atoms with E-state index in [1.165, 1.54) is 11.8 Å². The van der Waals surface area contributed by atoms with Gasteiger partial charge in [0, 0.05) is 49.0 Å². The predicted octanol–water partition coefficient (Wildman–Crippen LogP) is 6.26. The SMILES string of the molecule is CN/N=C(\C=N)c1ccc2c(c1)CCCOc1cc(ccc1Cc1nc3ccc(C)cc3n1CC1CCO1)-c1cccc(n1)OC2. The highest BCUT2D eigenvalue weighted by molar-refractivity contribution is 6.37. The van der Waals surface area contributed by atoms with Crippen molar-refractivity contribution in [3.63, 3.8) is 0 Å². The van der Waals surface area contributed by atoms with Crippen LogP contribution in [0.2, 0.25) is 0 Å². The van der Waals surface area contributed by atoms with E-state index in [1.807, 2.05) is 24.3 Å². The predicted molar refractivity (Wildman–Crippen MR) is 180 cm³/mol. The number of pyridine rings is 1. The molecule has 4 bridgehead atoms. The number of nitrogens with one attached hydrogen (secondary N) is 2. The molecule has 5 aromatic rings. The first-order valence-electron chi connectivity index (χ1n) is 15.9. The summed E-state index contributed by atoms with van der Waals surface area (Å²) < 4.78 is 20.9. The fourth-order valence-corrected chi connectivity index (χ4v) is 6.13. The van der Waals surface area contributed by atoms with Gasteiger partial charge in [-0.3, -0.25) is 0 Å². The number of nitrogens with zero attached hydrogens (tertiary/aromatic N) is 4. The third-order valence-corrected chi connectivity index (χ3v) is 8.69. The summed E-state index contributed by atoms with van der Waals surface area (Å²) in [5, 5.41) is 12.1. The Hall–Kier alpha value is -5.02. The number of hydrogen-bond acceptors (Lipinski definition) is 8. The summed E-state index contributed by atoms with van der Waals surface area (Å²) >= 11 is 0. The average Bonchev–Trinajstić information content (AvgIpc) is 3.38. The molecule has 1 saturated heterocycles. The Morgan fingerprint density at radius 3 is 2.76 bits per heavy atom. The summed E-state index contributed by atoms with van der Waals surface area (Å²) in [5.41, 5.74) is 12.7. The number of rotatable bonds is 7. The molecule has 2 aromatic heterocycles. The van der Waals surface area contributed by atoms with Crippen LogP contribution in [0.5, 0.6) is 11.6 Å². The number of fused-ring (bicyclic) bond motifs is 7. The van der Waals surface area contributed by atoms with E-state index in [9.17, 15) is 0 Å². The van der Waals surface area contributed by atoms with Crippen molar-refractivity contribution in [2.75, 3.05) is 20.3 Å². The van der Waals surface area contributed by atoms with Gasteiger partial charge in [0.2, 0.25) is 5.88 Å². The zero-order valence-corrected chi connectivity index (χ0v) is 26.3. The molecule has 1 unspecified atom stereocenters. The molecule has 9 heteroatoms. The third kappa shape index (κ3) is 6.23. The van der Waals surface area contributed by atoms with Gasteiger partial charge < -0.3 is 29.6 Å². The lowest BCUT2D eigenvalue weighted by Gasteiger charge is -2.27. The van der Waals surface area contributed by atoms with Gasteiger partial charge in [0.25, 0.3) is 0 Å². The first-order valence-corrected chi connectivity index (χ1v) is 15.9. The molecule has 0 amide bonds. The summed E-state index contributed by atoms with van der Waals surface area (Å²) in [6.45, 7) is 4.68. The minimum absolute atomic E-state index is 0.219. The van der Waals surface area contributed by atoms with Crippen molar-refractivity contribution in [3.05, 3.63) is 106 Å². The summed E-state index contributed by atoms with van der Waals surface area (Å²) in [7, 11) is 1.73. The Balaban J connectivity index is 1.23. The number of imidazole rings is 1. The molecule has 4 heterocycles. The van der Waals surface area contributed by atoms with Crippen LogP contribution in [0, 0.1) is 12.3 Å². The monoisotopic (exact) mass is 614 g/mol. The molecule has 0 saturated carbocycles. The number of ether oxygens (including phenoxy) is 3. The minimum atomic E-state index is 0.219. The number of benzene rings is 3. The van der Waals surface area contributed by atoms with Gasteiger partial charge in [-0.15, -0.1) is 0 Å². The summed E-state index contributed by atoms with van der Waals surface area (Å²) in [4.78, 5) is 9.92. The fraction of sp³-hybridized carbons (Fsp3) is 0.297. The van der Waals surface area contributed by atoms with Crippen molar-refractivity contribution >= 4 is 23.0 Å². The quantitative estimate of drug-likeness (QED) is 0.166. The van der Waals surface area contributed by atoms with Crippen LogP contribution in [0.1, 0.15) is 46.5 Å². The van der Waals surface area contributed by atoms with Gasteiger partial charge >= 0.3 is 0 Å². The zero-order chi connectivity index (χ0) is 31.5. The Kier molecular flexibility index (Phi) is 8.48. The largest absolute Gasteiger partial charge is 0.493 e. The number of aromatic nitrogens is 3. The van der Waals surface area contributed by atoms with Crippen molar-refractivity contribution in [3.8, 4) is 22.9 Å². The molecule has 0 aliphatic carbocycles. The number of hydrazone groups is 1. The zero-order valence-electron chi connectivity index (χ0n) is 26.3. The van der Waals surface area contributed by atoms with Gasteiger partial charge in [0.1, 0.15) is 23.9 Å². The third-order valence-electron chi connectivity index (χ3n) is 8.69. The second-order valence-corrected chi connectivity index (χ2v) is 11.9. The van der Waals surface area contributed by atoms with E-state index >= 15 is 0 Å². The van der Waals surface area contributed by atoms with E-state index in [2.05, 4.69) is 70.5 Å². The van der Waals surface area contributed by atoms with Crippen LogP contribution in [-0.2, 0) is 30.7 Å². The van der Waals surface area contributed by atoms with Crippen LogP contribution < -0.4 is 14.9 Å². The highest BCUT2D eigenvalue weighted by Gasteiger charge is 2.23. The standard InChI is InChI=1S/C37H38N6O3/c1-24-8-13-32-34(17-24)43(22-30-14-16-44-30)36(40-32)20-28-11-9-27-19-35(28)45-15-4-5-25-18-26(33(21-38)42-39-2)10-12-29(25)23-46-37-7-3-6-31(27)41-37/h3,6-13,17-19,21,30,38-39H,4-5,14-16,20,22-23H2,1-2H3/b38-21?,42-33+. The molecular weight excluding hydrogens is 576 g/mol. The number of aryl methyl sites for hydroxylation is 2. The molecule has 1 fully saturated rings. The maximum absolute atomic E-state index is 7.83. The van der Waals surface area contributed by atoms with Gasteiger partial charge in [0.15, 0.2) is 0 Å². The molecule has 0 spiro atoms. The second-order valence-electron chi connectivity index (χ2n) is 11.9. The smallest absolute Gasteiger partial charge is 0.214 e. The molecule has 7 rings (SSSR count). The summed E-state index contributed by atoms with van der Waals surface area (Å²) in [5.74, 6) is 2.40. The van der Waals surface area contributed by atoms with E-state index in [1.54, 1.807) is 7.05 Å². The van der Waals surface area contributed by atoms with Crippen molar-refractivity contribution in [1.29, 1.82) is 5.41 Å². The Morgan fingerprint density at radius 2 is 1.93 bits per heavy atom. The van der Waals surface area contributed by atoms with Crippen LogP contribution in [0.15, 0.2) is 77.9 Å². The maximum Gasteiger partial charge on any atom is 0.214 e. The molecule has 9 nitrogen and oxygen atoms in total.